The van der Waals surface area contributed by atoms with Gasteiger partial charge in [-0.15, -0.1) is 12.4 Å². The summed E-state index contributed by atoms with van der Waals surface area (Å²) in [6, 6.07) is 5.15. The zero-order chi connectivity index (χ0) is 11.0. The molecule has 0 saturated carbocycles. The van der Waals surface area contributed by atoms with Crippen LogP contribution in [0.3, 0.4) is 0 Å². The summed E-state index contributed by atoms with van der Waals surface area (Å²) >= 11 is 6.05. The Balaban J connectivity index is 0.00000128. The molecular weight excluding hydrogens is 247 g/mol. The lowest BCUT2D eigenvalue weighted by atomic mass is 10.2. The monoisotopic (exact) mass is 260 g/mol. The summed E-state index contributed by atoms with van der Waals surface area (Å²) in [5, 5.41) is 0.729. The summed E-state index contributed by atoms with van der Waals surface area (Å²) in [7, 11) is 0. The highest BCUT2D eigenvalue weighted by Gasteiger charge is 2.27. The predicted octanol–water partition coefficient (Wildman–Crippen LogP) is 2.00. The number of hydrogen-bond donors (Lipinski definition) is 1. The lowest BCUT2D eigenvalue weighted by Crippen LogP contribution is -2.41. The average Bonchev–Trinajstić information content (AvgIpc) is 2.61. The predicted molar refractivity (Wildman–Crippen MR) is 68.4 cm³/mol. The maximum absolute atomic E-state index is 11.8. The van der Waals surface area contributed by atoms with Crippen molar-refractivity contribution in [1.29, 1.82) is 0 Å². The molecule has 0 spiro atoms. The van der Waals surface area contributed by atoms with Gasteiger partial charge in [-0.1, -0.05) is 17.7 Å². The van der Waals surface area contributed by atoms with E-state index in [1.165, 1.54) is 0 Å². The zero-order valence-electron chi connectivity index (χ0n) is 8.94. The van der Waals surface area contributed by atoms with Crippen LogP contribution in [0.5, 0.6) is 0 Å². The molecule has 0 aliphatic carbocycles. The highest BCUT2D eigenvalue weighted by molar-refractivity contribution is 6.32. The van der Waals surface area contributed by atoms with E-state index in [0.717, 1.165) is 22.7 Å². The van der Waals surface area contributed by atoms with E-state index in [9.17, 15) is 4.79 Å². The highest BCUT2D eigenvalue weighted by atomic mass is 35.5. The van der Waals surface area contributed by atoms with Gasteiger partial charge in [0.25, 0.3) is 0 Å². The van der Waals surface area contributed by atoms with Gasteiger partial charge in [0.05, 0.1) is 6.04 Å². The van der Waals surface area contributed by atoms with Crippen LogP contribution in [0.25, 0.3) is 0 Å². The molecule has 3 nitrogen and oxygen atoms in total. The molecule has 2 N–H and O–H groups in total. The number of halogens is 2. The Labute approximate surface area is 106 Å². The minimum absolute atomic E-state index is 0. The van der Waals surface area contributed by atoms with Crippen LogP contribution in [-0.4, -0.2) is 18.5 Å². The molecule has 1 amide bonds. The van der Waals surface area contributed by atoms with Crippen LogP contribution in [0.2, 0.25) is 5.02 Å². The molecule has 0 fully saturated rings. The molecule has 0 aromatic heterocycles. The standard InChI is InChI=1S/C11H13ClN2O.ClH/c1-7(13)11(15)14-6-5-8-9(12)3-2-4-10(8)14;/h2-4,7H,5-6,13H2,1H3;1H. The maximum Gasteiger partial charge on any atom is 0.243 e. The van der Waals surface area contributed by atoms with Gasteiger partial charge in [0.15, 0.2) is 0 Å². The van der Waals surface area contributed by atoms with Crippen LogP contribution >= 0.6 is 24.0 Å². The van der Waals surface area contributed by atoms with Gasteiger partial charge in [0, 0.05) is 17.3 Å². The molecule has 5 heteroatoms. The number of hydrogen-bond acceptors (Lipinski definition) is 2. The summed E-state index contributed by atoms with van der Waals surface area (Å²) in [6.07, 6.45) is 0.813. The smallest absolute Gasteiger partial charge is 0.243 e. The molecule has 0 bridgehead atoms. The van der Waals surface area contributed by atoms with E-state index < -0.39 is 6.04 Å². The topological polar surface area (TPSA) is 46.3 Å². The second-order valence-corrected chi connectivity index (χ2v) is 4.17. The quantitative estimate of drug-likeness (QED) is 0.840. The molecule has 16 heavy (non-hydrogen) atoms. The van der Waals surface area contributed by atoms with Gasteiger partial charge in [-0.05, 0) is 31.0 Å². The summed E-state index contributed by atoms with van der Waals surface area (Å²) in [5.41, 5.74) is 7.54. The highest BCUT2D eigenvalue weighted by Crippen LogP contribution is 2.33. The molecule has 0 saturated heterocycles. The van der Waals surface area contributed by atoms with E-state index in [1.807, 2.05) is 18.2 Å². The Bertz CT molecular complexity index is 407. The number of carbonyl (C=O) groups excluding carboxylic acids is 1. The number of anilines is 1. The van der Waals surface area contributed by atoms with E-state index in [-0.39, 0.29) is 18.3 Å². The number of benzene rings is 1. The van der Waals surface area contributed by atoms with E-state index >= 15 is 0 Å². The van der Waals surface area contributed by atoms with Crippen LogP contribution in [0, 0.1) is 0 Å². The van der Waals surface area contributed by atoms with Crippen molar-refractivity contribution in [2.75, 3.05) is 11.4 Å². The van der Waals surface area contributed by atoms with E-state index in [1.54, 1.807) is 11.8 Å². The first-order valence-electron chi connectivity index (χ1n) is 4.95. The van der Waals surface area contributed by atoms with Crippen molar-refractivity contribution in [3.63, 3.8) is 0 Å². The number of rotatable bonds is 1. The fourth-order valence-electron chi connectivity index (χ4n) is 1.87. The number of nitrogens with zero attached hydrogens (tertiary/aromatic N) is 1. The van der Waals surface area contributed by atoms with E-state index in [0.29, 0.717) is 6.54 Å². The SMILES string of the molecule is CC(N)C(=O)N1CCc2c(Cl)cccc21.Cl. The van der Waals surface area contributed by atoms with Crippen LogP contribution < -0.4 is 10.6 Å². The lowest BCUT2D eigenvalue weighted by molar-refractivity contribution is -0.119. The Morgan fingerprint density at radius 3 is 2.88 bits per heavy atom. The van der Waals surface area contributed by atoms with Crippen molar-refractivity contribution in [2.24, 2.45) is 5.73 Å². The van der Waals surface area contributed by atoms with Gasteiger partial charge in [0.2, 0.25) is 5.91 Å². The average molecular weight is 261 g/mol. The van der Waals surface area contributed by atoms with Crippen LogP contribution in [-0.2, 0) is 11.2 Å². The fraction of sp³-hybridized carbons (Fsp3) is 0.364. The van der Waals surface area contributed by atoms with Gasteiger partial charge in [0.1, 0.15) is 0 Å². The van der Waals surface area contributed by atoms with Crippen LogP contribution in [0.4, 0.5) is 5.69 Å². The Kier molecular flexibility index (Phi) is 4.19. The van der Waals surface area contributed by atoms with Gasteiger partial charge < -0.3 is 10.6 Å². The van der Waals surface area contributed by atoms with Gasteiger partial charge in [-0.3, -0.25) is 4.79 Å². The second kappa shape index (κ2) is 5.04. The Hall–Kier alpha value is -0.770. The molecule has 1 aliphatic heterocycles. The minimum Gasteiger partial charge on any atom is -0.320 e. The minimum atomic E-state index is -0.463. The third-order valence-corrected chi connectivity index (χ3v) is 2.98. The Morgan fingerprint density at radius 1 is 1.56 bits per heavy atom. The van der Waals surface area contributed by atoms with Crippen LogP contribution in [0.1, 0.15) is 12.5 Å². The largest absolute Gasteiger partial charge is 0.320 e. The van der Waals surface area contributed by atoms with E-state index in [4.69, 9.17) is 17.3 Å². The number of carbonyl (C=O) groups is 1. The third-order valence-electron chi connectivity index (χ3n) is 2.63. The number of nitrogens with two attached hydrogens (primary N) is 1. The van der Waals surface area contributed by atoms with E-state index in [2.05, 4.69) is 0 Å². The van der Waals surface area contributed by atoms with Crippen LogP contribution in [0.15, 0.2) is 18.2 Å². The normalized spacial score (nSPS) is 15.3. The molecule has 0 radical (unpaired) electrons. The van der Waals surface area contributed by atoms with Crippen molar-refractivity contribution in [3.8, 4) is 0 Å². The number of amides is 1. The summed E-state index contributed by atoms with van der Waals surface area (Å²) in [5.74, 6) is -0.0454. The lowest BCUT2D eigenvalue weighted by Gasteiger charge is -2.19. The molecule has 1 aliphatic rings. The second-order valence-electron chi connectivity index (χ2n) is 3.77. The Morgan fingerprint density at radius 2 is 2.25 bits per heavy atom. The van der Waals surface area contributed by atoms with Gasteiger partial charge in [-0.2, -0.15) is 0 Å². The number of fused-ring (bicyclic) bond motifs is 1. The first kappa shape index (κ1) is 13.3. The zero-order valence-corrected chi connectivity index (χ0v) is 10.5. The molecule has 1 aromatic carbocycles. The van der Waals surface area contributed by atoms with Crippen molar-refractivity contribution in [1.82, 2.24) is 0 Å². The fourth-order valence-corrected chi connectivity index (χ4v) is 2.13. The van der Waals surface area contributed by atoms with Gasteiger partial charge in [-0.25, -0.2) is 0 Å². The molecule has 2 rings (SSSR count). The summed E-state index contributed by atoms with van der Waals surface area (Å²) in [6.45, 7) is 2.38. The van der Waals surface area contributed by atoms with Crippen molar-refractivity contribution in [3.05, 3.63) is 28.8 Å². The molecule has 1 heterocycles. The van der Waals surface area contributed by atoms with Crippen molar-refractivity contribution < 1.29 is 4.79 Å². The first-order valence-corrected chi connectivity index (χ1v) is 5.33. The molecule has 1 unspecified atom stereocenters. The molecule has 1 atom stereocenters. The van der Waals surface area contributed by atoms with Gasteiger partial charge >= 0.3 is 0 Å². The molecule has 1 aromatic rings. The van der Waals surface area contributed by atoms with Crippen molar-refractivity contribution in [2.45, 2.75) is 19.4 Å². The summed E-state index contributed by atoms with van der Waals surface area (Å²) < 4.78 is 0. The molecular formula is C11H14Cl2N2O. The molecule has 88 valence electrons. The third kappa shape index (κ3) is 2.17. The summed E-state index contributed by atoms with van der Waals surface area (Å²) in [4.78, 5) is 13.5. The van der Waals surface area contributed by atoms with Crippen molar-refractivity contribution >= 4 is 35.6 Å². The first-order chi connectivity index (χ1) is 7.11. The maximum atomic E-state index is 11.8.